The highest BCUT2D eigenvalue weighted by Gasteiger charge is 2.33. The molecule has 1 aliphatic carbocycles. The maximum atomic E-state index is 3.54. The molecule has 1 aliphatic heterocycles. The fourth-order valence-corrected chi connectivity index (χ4v) is 3.42. The lowest BCUT2D eigenvalue weighted by molar-refractivity contribution is 0.0837. The Bertz CT molecular complexity index is 389. The molecule has 1 aromatic carbocycles. The van der Waals surface area contributed by atoms with Crippen molar-refractivity contribution in [3.63, 3.8) is 0 Å². The highest BCUT2D eigenvalue weighted by atomic mass is 79.9. The van der Waals surface area contributed by atoms with Crippen molar-refractivity contribution in [1.29, 1.82) is 0 Å². The molecule has 2 nitrogen and oxygen atoms in total. The van der Waals surface area contributed by atoms with E-state index in [4.69, 9.17) is 0 Å². The normalized spacial score (nSPS) is 21.2. The minimum Gasteiger partial charge on any atom is -0.314 e. The smallest absolute Gasteiger partial charge is 0.0377 e. The van der Waals surface area contributed by atoms with E-state index in [0.29, 0.717) is 6.04 Å². The van der Waals surface area contributed by atoms with Crippen molar-refractivity contribution in [2.24, 2.45) is 5.92 Å². The van der Waals surface area contributed by atoms with Crippen molar-refractivity contribution in [3.05, 3.63) is 34.3 Å². The Morgan fingerprint density at radius 2 is 1.65 bits per heavy atom. The average molecular weight is 382 g/mol. The molecule has 0 radical (unpaired) electrons. The molecular formula is C15H23BrCl2N2. The van der Waals surface area contributed by atoms with Gasteiger partial charge in [-0.3, -0.25) is 4.90 Å². The minimum absolute atomic E-state index is 0. The lowest BCUT2D eigenvalue weighted by Gasteiger charge is -2.43. The van der Waals surface area contributed by atoms with Gasteiger partial charge >= 0.3 is 0 Å². The molecule has 20 heavy (non-hydrogen) atoms. The Labute approximate surface area is 142 Å². The van der Waals surface area contributed by atoms with E-state index in [-0.39, 0.29) is 24.8 Å². The third-order valence-corrected chi connectivity index (χ3v) is 4.88. The van der Waals surface area contributed by atoms with Gasteiger partial charge in [0, 0.05) is 36.7 Å². The summed E-state index contributed by atoms with van der Waals surface area (Å²) >= 11 is 3.54. The summed E-state index contributed by atoms with van der Waals surface area (Å²) < 4.78 is 1.18. The van der Waals surface area contributed by atoms with Gasteiger partial charge in [0.25, 0.3) is 0 Å². The Morgan fingerprint density at radius 1 is 1.05 bits per heavy atom. The number of hydrogen-bond acceptors (Lipinski definition) is 2. The Kier molecular flexibility index (Phi) is 7.84. The summed E-state index contributed by atoms with van der Waals surface area (Å²) in [6, 6.07) is 9.62. The molecule has 114 valence electrons. The molecule has 1 aromatic rings. The summed E-state index contributed by atoms with van der Waals surface area (Å²) in [6.07, 6.45) is 4.24. The fraction of sp³-hybridized carbons (Fsp3) is 0.600. The van der Waals surface area contributed by atoms with Gasteiger partial charge in [0.2, 0.25) is 0 Å². The van der Waals surface area contributed by atoms with Crippen LogP contribution in [0.4, 0.5) is 0 Å². The summed E-state index contributed by atoms with van der Waals surface area (Å²) in [4.78, 5) is 2.68. The van der Waals surface area contributed by atoms with E-state index < -0.39 is 0 Å². The summed E-state index contributed by atoms with van der Waals surface area (Å²) in [5.74, 6) is 0.879. The van der Waals surface area contributed by atoms with Crippen LogP contribution in [0.2, 0.25) is 0 Å². The zero-order valence-electron chi connectivity index (χ0n) is 11.6. The van der Waals surface area contributed by atoms with Gasteiger partial charge < -0.3 is 5.32 Å². The minimum atomic E-state index is 0. The van der Waals surface area contributed by atoms with Crippen LogP contribution >= 0.6 is 40.7 Å². The van der Waals surface area contributed by atoms with Gasteiger partial charge in [0.15, 0.2) is 0 Å². The maximum absolute atomic E-state index is 3.54. The molecule has 0 spiro atoms. The highest BCUT2D eigenvalue weighted by Crippen LogP contribution is 2.41. The number of halogens is 3. The predicted molar refractivity (Wildman–Crippen MR) is 93.2 cm³/mol. The van der Waals surface area contributed by atoms with E-state index in [0.717, 1.165) is 19.0 Å². The average Bonchev–Trinajstić information content (AvgIpc) is 2.36. The molecular weight excluding hydrogens is 359 g/mol. The number of benzene rings is 1. The van der Waals surface area contributed by atoms with Crippen LogP contribution in [0, 0.1) is 5.92 Å². The Hall–Kier alpha value is 0.200. The first kappa shape index (κ1) is 18.2. The summed E-state index contributed by atoms with van der Waals surface area (Å²) in [7, 11) is 0. The van der Waals surface area contributed by atoms with Crippen LogP contribution in [0.1, 0.15) is 30.9 Å². The summed E-state index contributed by atoms with van der Waals surface area (Å²) in [5, 5.41) is 3.46. The predicted octanol–water partition coefficient (Wildman–Crippen LogP) is 4.04. The van der Waals surface area contributed by atoms with Crippen molar-refractivity contribution < 1.29 is 0 Å². The van der Waals surface area contributed by atoms with Crippen molar-refractivity contribution in [3.8, 4) is 0 Å². The van der Waals surface area contributed by atoms with Crippen LogP contribution < -0.4 is 5.32 Å². The topological polar surface area (TPSA) is 15.3 Å². The molecule has 0 bridgehead atoms. The van der Waals surface area contributed by atoms with E-state index in [1.54, 1.807) is 0 Å². The first-order valence-corrected chi connectivity index (χ1v) is 7.84. The second kappa shape index (κ2) is 8.60. The van der Waals surface area contributed by atoms with Gasteiger partial charge in [-0.25, -0.2) is 0 Å². The summed E-state index contributed by atoms with van der Waals surface area (Å²) in [6.45, 7) is 4.66. The fourth-order valence-electron chi connectivity index (χ4n) is 3.16. The van der Waals surface area contributed by atoms with Crippen LogP contribution in [-0.4, -0.2) is 31.1 Å². The number of nitrogens with one attached hydrogen (secondary N) is 1. The maximum Gasteiger partial charge on any atom is 0.0377 e. The zero-order chi connectivity index (χ0) is 12.4. The van der Waals surface area contributed by atoms with Gasteiger partial charge in [-0.15, -0.1) is 24.8 Å². The van der Waals surface area contributed by atoms with E-state index in [1.165, 1.54) is 42.4 Å². The van der Waals surface area contributed by atoms with Gasteiger partial charge in [0.05, 0.1) is 0 Å². The number of rotatable bonds is 3. The molecule has 3 rings (SSSR count). The van der Waals surface area contributed by atoms with Gasteiger partial charge in [-0.2, -0.15) is 0 Å². The van der Waals surface area contributed by atoms with Crippen LogP contribution in [-0.2, 0) is 0 Å². The van der Waals surface area contributed by atoms with E-state index >= 15 is 0 Å². The van der Waals surface area contributed by atoms with Crippen molar-refractivity contribution in [1.82, 2.24) is 10.2 Å². The second-order valence-corrected chi connectivity index (χ2v) is 6.39. The quantitative estimate of drug-likeness (QED) is 0.849. The lowest BCUT2D eigenvalue weighted by atomic mass is 9.76. The van der Waals surface area contributed by atoms with Crippen LogP contribution in [0.3, 0.4) is 0 Å². The molecule has 1 N–H and O–H groups in total. The Morgan fingerprint density at radius 3 is 2.15 bits per heavy atom. The van der Waals surface area contributed by atoms with Gasteiger partial charge in [-0.05, 0) is 36.5 Å². The van der Waals surface area contributed by atoms with E-state index in [9.17, 15) is 0 Å². The number of hydrogen-bond donors (Lipinski definition) is 1. The SMILES string of the molecule is Brc1ccc([C@@H](C2CCC2)N2CCNCC2)cc1.Cl.Cl. The van der Waals surface area contributed by atoms with Crippen molar-refractivity contribution in [2.45, 2.75) is 25.3 Å². The third kappa shape index (κ3) is 4.11. The summed E-state index contributed by atoms with van der Waals surface area (Å²) in [5.41, 5.74) is 1.50. The second-order valence-electron chi connectivity index (χ2n) is 5.47. The molecule has 1 atom stereocenters. The molecule has 0 amide bonds. The van der Waals surface area contributed by atoms with Crippen molar-refractivity contribution in [2.75, 3.05) is 26.2 Å². The molecule has 1 heterocycles. The zero-order valence-corrected chi connectivity index (χ0v) is 14.8. The van der Waals surface area contributed by atoms with Crippen LogP contribution in [0.5, 0.6) is 0 Å². The molecule has 2 aliphatic rings. The molecule has 5 heteroatoms. The van der Waals surface area contributed by atoms with Gasteiger partial charge in [0.1, 0.15) is 0 Å². The Balaban J connectivity index is 0.000001000. The highest BCUT2D eigenvalue weighted by molar-refractivity contribution is 9.10. The van der Waals surface area contributed by atoms with E-state index in [2.05, 4.69) is 50.4 Å². The lowest BCUT2D eigenvalue weighted by Crippen LogP contribution is -2.47. The molecule has 1 saturated carbocycles. The first-order chi connectivity index (χ1) is 8.84. The molecule has 2 fully saturated rings. The van der Waals surface area contributed by atoms with Gasteiger partial charge in [-0.1, -0.05) is 34.5 Å². The number of nitrogens with zero attached hydrogens (tertiary/aromatic N) is 1. The standard InChI is InChI=1S/C15H21BrN2.2ClH/c16-14-6-4-13(5-7-14)15(12-2-1-3-12)18-10-8-17-9-11-18;;/h4-7,12,15,17H,1-3,8-11H2;2*1H/t15-;;/m1../s1. The van der Waals surface area contributed by atoms with Crippen LogP contribution in [0.15, 0.2) is 28.7 Å². The molecule has 1 saturated heterocycles. The number of piperazine rings is 1. The third-order valence-electron chi connectivity index (χ3n) is 4.35. The first-order valence-electron chi connectivity index (χ1n) is 7.05. The van der Waals surface area contributed by atoms with Crippen molar-refractivity contribution >= 4 is 40.7 Å². The monoisotopic (exact) mass is 380 g/mol. The molecule has 0 aromatic heterocycles. The van der Waals surface area contributed by atoms with Crippen LogP contribution in [0.25, 0.3) is 0 Å². The largest absolute Gasteiger partial charge is 0.314 e. The molecule has 0 unspecified atom stereocenters. The van der Waals surface area contributed by atoms with E-state index in [1.807, 2.05) is 0 Å².